The Kier molecular flexibility index (Phi) is 4.97. The molecule has 0 amide bonds. The van der Waals surface area contributed by atoms with Crippen molar-refractivity contribution in [2.24, 2.45) is 0 Å². The molecule has 0 saturated carbocycles. The quantitative estimate of drug-likeness (QED) is 0.495. The first-order valence-corrected chi connectivity index (χ1v) is 7.55. The van der Waals surface area contributed by atoms with Gasteiger partial charge in [0.05, 0.1) is 0 Å². The Morgan fingerprint density at radius 1 is 0.792 bits per heavy atom. The zero-order chi connectivity index (χ0) is 18.3. The van der Waals surface area contributed by atoms with Crippen LogP contribution in [0.2, 0.25) is 0 Å². The molecule has 2 nitrogen and oxygen atoms in total. The van der Waals surface area contributed by atoms with Crippen LogP contribution in [0, 0.1) is 0 Å². The standard InChI is InChI=1S/C13H5Br2F7N2/c14-7-1-8(11(16,12(17,18)19)13(20,21)22)10(9(15)2-7)6-3-23-5-24-4-6/h1-5H. The van der Waals surface area contributed by atoms with Crippen LogP contribution in [0.15, 0.2) is 39.8 Å². The van der Waals surface area contributed by atoms with Gasteiger partial charge in [-0.2, -0.15) is 26.3 Å². The lowest BCUT2D eigenvalue weighted by Crippen LogP contribution is -2.50. The van der Waals surface area contributed by atoms with Gasteiger partial charge in [-0.25, -0.2) is 14.4 Å². The van der Waals surface area contributed by atoms with E-state index in [1.54, 1.807) is 0 Å². The number of benzene rings is 1. The van der Waals surface area contributed by atoms with E-state index in [-0.39, 0.29) is 14.5 Å². The van der Waals surface area contributed by atoms with E-state index >= 15 is 0 Å². The average Bonchev–Trinajstić information content (AvgIpc) is 2.44. The van der Waals surface area contributed by atoms with Crippen molar-refractivity contribution in [3.8, 4) is 11.1 Å². The first-order valence-electron chi connectivity index (χ1n) is 5.97. The topological polar surface area (TPSA) is 25.8 Å². The maximum Gasteiger partial charge on any atom is 0.435 e. The summed E-state index contributed by atoms with van der Waals surface area (Å²) in [4.78, 5) is 7.09. The number of aromatic nitrogens is 2. The number of halogens is 9. The molecular weight excluding hydrogens is 477 g/mol. The molecule has 0 fully saturated rings. The second-order valence-electron chi connectivity index (χ2n) is 4.59. The predicted octanol–water partition coefficient (Wildman–Crippen LogP) is 5.96. The van der Waals surface area contributed by atoms with Crippen molar-refractivity contribution in [3.63, 3.8) is 0 Å². The van der Waals surface area contributed by atoms with Gasteiger partial charge >= 0.3 is 18.0 Å². The number of hydrogen-bond acceptors (Lipinski definition) is 2. The smallest absolute Gasteiger partial charge is 0.244 e. The minimum atomic E-state index is -6.23. The van der Waals surface area contributed by atoms with Crippen LogP contribution >= 0.6 is 31.9 Å². The summed E-state index contributed by atoms with van der Waals surface area (Å²) < 4.78 is 92.7. The third-order valence-electron chi connectivity index (χ3n) is 3.06. The summed E-state index contributed by atoms with van der Waals surface area (Å²) in [5.74, 6) is 0. The Balaban J connectivity index is 2.92. The summed E-state index contributed by atoms with van der Waals surface area (Å²) in [5, 5.41) is 0. The molecule has 2 aromatic rings. The molecule has 0 aliphatic carbocycles. The Morgan fingerprint density at radius 2 is 1.29 bits per heavy atom. The van der Waals surface area contributed by atoms with Gasteiger partial charge in [-0.05, 0) is 12.1 Å². The van der Waals surface area contributed by atoms with E-state index < -0.39 is 29.1 Å². The van der Waals surface area contributed by atoms with Gasteiger partial charge in [-0.15, -0.1) is 0 Å². The zero-order valence-electron chi connectivity index (χ0n) is 11.2. The molecule has 0 bridgehead atoms. The summed E-state index contributed by atoms with van der Waals surface area (Å²) in [6.07, 6.45) is -9.45. The van der Waals surface area contributed by atoms with E-state index in [0.29, 0.717) is 6.07 Å². The normalized spacial score (nSPS) is 13.2. The number of nitrogens with zero attached hydrogens (tertiary/aromatic N) is 2. The third-order valence-corrected chi connectivity index (χ3v) is 4.14. The van der Waals surface area contributed by atoms with Crippen LogP contribution in [-0.2, 0) is 5.67 Å². The molecule has 1 aromatic carbocycles. The second-order valence-corrected chi connectivity index (χ2v) is 6.36. The molecule has 0 unspecified atom stereocenters. The maximum atomic E-state index is 14.5. The van der Waals surface area contributed by atoms with Crippen molar-refractivity contribution in [2.45, 2.75) is 18.0 Å². The summed E-state index contributed by atoms with van der Waals surface area (Å²) in [5.41, 5.74) is -8.03. The lowest BCUT2D eigenvalue weighted by molar-refractivity contribution is -0.348. The molecule has 24 heavy (non-hydrogen) atoms. The highest BCUT2D eigenvalue weighted by atomic mass is 79.9. The van der Waals surface area contributed by atoms with E-state index in [0.717, 1.165) is 18.7 Å². The van der Waals surface area contributed by atoms with Gasteiger partial charge in [0, 0.05) is 38.0 Å². The molecule has 0 saturated heterocycles. The maximum absolute atomic E-state index is 14.5. The van der Waals surface area contributed by atoms with Crippen LogP contribution in [0.5, 0.6) is 0 Å². The lowest BCUT2D eigenvalue weighted by atomic mass is 9.88. The van der Waals surface area contributed by atoms with Crippen LogP contribution < -0.4 is 0 Å². The van der Waals surface area contributed by atoms with Gasteiger partial charge in [0.2, 0.25) is 0 Å². The van der Waals surface area contributed by atoms with E-state index in [4.69, 9.17) is 0 Å². The highest BCUT2D eigenvalue weighted by molar-refractivity contribution is 9.11. The Morgan fingerprint density at radius 3 is 1.75 bits per heavy atom. The summed E-state index contributed by atoms with van der Waals surface area (Å²) >= 11 is 5.66. The Hall–Kier alpha value is -1.23. The van der Waals surface area contributed by atoms with E-state index in [9.17, 15) is 30.7 Å². The van der Waals surface area contributed by atoms with Crippen LogP contribution in [-0.4, -0.2) is 22.3 Å². The molecule has 11 heteroatoms. The van der Waals surface area contributed by atoms with E-state index in [2.05, 4.69) is 41.8 Å². The fourth-order valence-electron chi connectivity index (χ4n) is 2.03. The fourth-order valence-corrected chi connectivity index (χ4v) is 3.49. The minimum Gasteiger partial charge on any atom is -0.244 e. The number of hydrogen-bond donors (Lipinski definition) is 0. The largest absolute Gasteiger partial charge is 0.435 e. The second kappa shape index (κ2) is 6.25. The highest BCUT2D eigenvalue weighted by Gasteiger charge is 2.74. The van der Waals surface area contributed by atoms with Gasteiger partial charge in [0.15, 0.2) is 0 Å². The fraction of sp³-hybridized carbons (Fsp3) is 0.231. The molecule has 0 aliphatic rings. The van der Waals surface area contributed by atoms with Crippen LogP contribution in [0.4, 0.5) is 30.7 Å². The molecule has 1 aromatic heterocycles. The molecule has 0 spiro atoms. The monoisotopic (exact) mass is 480 g/mol. The molecule has 0 atom stereocenters. The van der Waals surface area contributed by atoms with Gasteiger partial charge in [-0.3, -0.25) is 0 Å². The van der Waals surface area contributed by atoms with Crippen molar-refractivity contribution in [1.82, 2.24) is 9.97 Å². The molecule has 0 radical (unpaired) electrons. The molecule has 2 rings (SSSR count). The predicted molar refractivity (Wildman–Crippen MR) is 77.8 cm³/mol. The zero-order valence-corrected chi connectivity index (χ0v) is 14.4. The molecule has 1 heterocycles. The van der Waals surface area contributed by atoms with Crippen LogP contribution in [0.25, 0.3) is 11.1 Å². The van der Waals surface area contributed by atoms with Gasteiger partial charge in [-0.1, -0.05) is 31.9 Å². The van der Waals surface area contributed by atoms with Crippen molar-refractivity contribution in [1.29, 1.82) is 0 Å². The van der Waals surface area contributed by atoms with Crippen molar-refractivity contribution >= 4 is 31.9 Å². The number of alkyl halides is 7. The SMILES string of the molecule is FC(F)(F)C(F)(c1cc(Br)cc(Br)c1-c1cncnc1)C(F)(F)F. The van der Waals surface area contributed by atoms with Crippen LogP contribution in [0.1, 0.15) is 5.56 Å². The van der Waals surface area contributed by atoms with Crippen molar-refractivity contribution in [3.05, 3.63) is 45.4 Å². The first kappa shape index (κ1) is 19.1. The minimum absolute atomic E-state index is 0.166. The molecule has 0 aliphatic heterocycles. The first-order chi connectivity index (χ1) is 10.9. The van der Waals surface area contributed by atoms with E-state index in [1.165, 1.54) is 6.07 Å². The Labute approximate surface area is 147 Å². The lowest BCUT2D eigenvalue weighted by Gasteiger charge is -2.32. The average molecular weight is 482 g/mol. The Bertz CT molecular complexity index is 730. The molecule has 0 N–H and O–H groups in total. The van der Waals surface area contributed by atoms with Crippen LogP contribution in [0.3, 0.4) is 0 Å². The van der Waals surface area contributed by atoms with Gasteiger partial charge in [0.1, 0.15) is 6.33 Å². The summed E-state index contributed by atoms with van der Waals surface area (Å²) in [6, 6.07) is 1.63. The summed E-state index contributed by atoms with van der Waals surface area (Å²) in [6.45, 7) is 0. The van der Waals surface area contributed by atoms with Crippen molar-refractivity contribution in [2.75, 3.05) is 0 Å². The van der Waals surface area contributed by atoms with Gasteiger partial charge in [0.25, 0.3) is 0 Å². The highest BCUT2D eigenvalue weighted by Crippen LogP contribution is 2.56. The van der Waals surface area contributed by atoms with Crippen molar-refractivity contribution < 1.29 is 30.7 Å². The summed E-state index contributed by atoms with van der Waals surface area (Å²) in [7, 11) is 0. The van der Waals surface area contributed by atoms with Gasteiger partial charge < -0.3 is 0 Å². The molecular formula is C13H5Br2F7N2. The molecule has 130 valence electrons. The van der Waals surface area contributed by atoms with E-state index in [1.807, 2.05) is 0 Å². The third kappa shape index (κ3) is 3.15. The number of rotatable bonds is 2.